The zero-order valence-electron chi connectivity index (χ0n) is 14.1. The monoisotopic (exact) mass is 349 g/mol. The maximum atomic E-state index is 13.1. The second kappa shape index (κ2) is 6.44. The van der Waals surface area contributed by atoms with Gasteiger partial charge in [-0.2, -0.15) is 10.2 Å². The van der Waals surface area contributed by atoms with E-state index in [1.807, 2.05) is 12.1 Å². The fourth-order valence-corrected chi connectivity index (χ4v) is 2.90. The SMILES string of the molecule is CN(Cc1cn[nH]c1-c1ccc(F)cc1)C(=O)c1ccn2nccc2c1. The molecule has 4 rings (SSSR count). The van der Waals surface area contributed by atoms with Crippen molar-refractivity contribution < 1.29 is 9.18 Å². The Kier molecular flexibility index (Phi) is 3.96. The molecule has 26 heavy (non-hydrogen) atoms. The van der Waals surface area contributed by atoms with E-state index < -0.39 is 0 Å². The van der Waals surface area contributed by atoms with Crippen molar-refractivity contribution in [1.29, 1.82) is 0 Å². The average molecular weight is 349 g/mol. The number of benzene rings is 1. The van der Waals surface area contributed by atoms with E-state index in [9.17, 15) is 9.18 Å². The molecule has 3 aromatic heterocycles. The summed E-state index contributed by atoms with van der Waals surface area (Å²) in [5.74, 6) is -0.391. The molecule has 6 nitrogen and oxygen atoms in total. The summed E-state index contributed by atoms with van der Waals surface area (Å²) in [4.78, 5) is 14.4. The van der Waals surface area contributed by atoms with Crippen LogP contribution in [0, 0.1) is 5.82 Å². The smallest absolute Gasteiger partial charge is 0.254 e. The van der Waals surface area contributed by atoms with Gasteiger partial charge in [0.2, 0.25) is 0 Å². The van der Waals surface area contributed by atoms with Crippen LogP contribution in [0.1, 0.15) is 15.9 Å². The zero-order valence-corrected chi connectivity index (χ0v) is 14.1. The van der Waals surface area contributed by atoms with Crippen LogP contribution in [0.5, 0.6) is 0 Å². The van der Waals surface area contributed by atoms with E-state index in [1.54, 1.807) is 53.3 Å². The lowest BCUT2D eigenvalue weighted by Gasteiger charge is -2.17. The first kappa shape index (κ1) is 16.0. The highest BCUT2D eigenvalue weighted by atomic mass is 19.1. The lowest BCUT2D eigenvalue weighted by Crippen LogP contribution is -2.26. The Bertz CT molecular complexity index is 1070. The molecule has 0 aliphatic rings. The van der Waals surface area contributed by atoms with E-state index in [4.69, 9.17) is 0 Å². The summed E-state index contributed by atoms with van der Waals surface area (Å²) in [5.41, 5.74) is 3.90. The Labute approximate surface area is 148 Å². The molecule has 4 aromatic rings. The lowest BCUT2D eigenvalue weighted by atomic mass is 10.1. The number of hydrogen-bond donors (Lipinski definition) is 1. The maximum Gasteiger partial charge on any atom is 0.254 e. The number of amides is 1. The van der Waals surface area contributed by atoms with E-state index in [0.29, 0.717) is 12.1 Å². The number of fused-ring (bicyclic) bond motifs is 1. The van der Waals surface area contributed by atoms with Crippen LogP contribution in [0.3, 0.4) is 0 Å². The minimum Gasteiger partial charge on any atom is -0.337 e. The first-order valence-corrected chi connectivity index (χ1v) is 8.09. The number of hydrogen-bond acceptors (Lipinski definition) is 3. The van der Waals surface area contributed by atoms with Gasteiger partial charge in [0.15, 0.2) is 0 Å². The van der Waals surface area contributed by atoms with Gasteiger partial charge in [0.1, 0.15) is 5.82 Å². The molecule has 0 aliphatic carbocycles. The minimum atomic E-state index is -0.294. The first-order valence-electron chi connectivity index (χ1n) is 8.09. The third kappa shape index (κ3) is 2.95. The molecular weight excluding hydrogens is 333 g/mol. The number of halogens is 1. The van der Waals surface area contributed by atoms with Crippen LogP contribution in [0.15, 0.2) is 61.1 Å². The van der Waals surface area contributed by atoms with Crippen LogP contribution in [0.2, 0.25) is 0 Å². The highest BCUT2D eigenvalue weighted by molar-refractivity contribution is 5.95. The second-order valence-corrected chi connectivity index (χ2v) is 6.05. The van der Waals surface area contributed by atoms with Gasteiger partial charge in [-0.15, -0.1) is 0 Å². The molecule has 0 bridgehead atoms. The number of H-pyrrole nitrogens is 1. The van der Waals surface area contributed by atoms with Gasteiger partial charge < -0.3 is 4.90 Å². The maximum absolute atomic E-state index is 13.1. The molecular formula is C19H16FN5O. The number of nitrogens with one attached hydrogen (secondary N) is 1. The van der Waals surface area contributed by atoms with Crippen molar-refractivity contribution in [2.75, 3.05) is 7.05 Å². The molecule has 7 heteroatoms. The van der Waals surface area contributed by atoms with Gasteiger partial charge in [-0.3, -0.25) is 9.89 Å². The number of carbonyl (C=O) groups excluding carboxylic acids is 1. The molecule has 0 saturated carbocycles. The lowest BCUT2D eigenvalue weighted by molar-refractivity contribution is 0.0785. The van der Waals surface area contributed by atoms with Crippen LogP contribution < -0.4 is 0 Å². The van der Waals surface area contributed by atoms with Crippen molar-refractivity contribution >= 4 is 11.4 Å². The van der Waals surface area contributed by atoms with E-state index in [-0.39, 0.29) is 11.7 Å². The fourth-order valence-electron chi connectivity index (χ4n) is 2.90. The van der Waals surface area contributed by atoms with Gasteiger partial charge in [0.05, 0.1) is 17.4 Å². The topological polar surface area (TPSA) is 66.3 Å². The molecule has 0 fully saturated rings. The number of pyridine rings is 1. The largest absolute Gasteiger partial charge is 0.337 e. The van der Waals surface area contributed by atoms with Crippen molar-refractivity contribution in [2.45, 2.75) is 6.54 Å². The summed E-state index contributed by atoms with van der Waals surface area (Å²) in [6.45, 7) is 0.381. The molecule has 0 atom stereocenters. The fraction of sp³-hybridized carbons (Fsp3) is 0.105. The molecule has 0 unspecified atom stereocenters. The van der Waals surface area contributed by atoms with Gasteiger partial charge in [-0.1, -0.05) is 0 Å². The second-order valence-electron chi connectivity index (χ2n) is 6.05. The van der Waals surface area contributed by atoms with Gasteiger partial charge in [-0.25, -0.2) is 8.91 Å². The standard InChI is InChI=1S/C19H16FN5O/c1-24(19(26)14-7-9-25-17(10-14)6-8-22-25)12-15-11-21-23-18(15)13-2-4-16(20)5-3-13/h2-11H,12H2,1H3,(H,21,23). The van der Waals surface area contributed by atoms with Crippen molar-refractivity contribution in [2.24, 2.45) is 0 Å². The molecule has 1 amide bonds. The van der Waals surface area contributed by atoms with E-state index in [2.05, 4.69) is 15.3 Å². The normalized spacial score (nSPS) is 11.0. The van der Waals surface area contributed by atoms with Crippen molar-refractivity contribution in [3.63, 3.8) is 0 Å². The highest BCUT2D eigenvalue weighted by Gasteiger charge is 2.16. The molecule has 3 heterocycles. The summed E-state index contributed by atoms with van der Waals surface area (Å²) in [6, 6.07) is 11.6. The number of carbonyl (C=O) groups is 1. The van der Waals surface area contributed by atoms with Crippen LogP contribution in [0.25, 0.3) is 16.8 Å². The minimum absolute atomic E-state index is 0.0973. The van der Waals surface area contributed by atoms with Crippen molar-refractivity contribution in [1.82, 2.24) is 24.7 Å². The Morgan fingerprint density at radius 2 is 2.04 bits per heavy atom. The Morgan fingerprint density at radius 1 is 1.23 bits per heavy atom. The molecule has 1 N–H and O–H groups in total. The Balaban J connectivity index is 1.56. The van der Waals surface area contributed by atoms with Gasteiger partial charge in [-0.05, 0) is 42.5 Å². The number of aromatic amines is 1. The predicted octanol–water partition coefficient (Wildman–Crippen LogP) is 3.14. The van der Waals surface area contributed by atoms with E-state index in [1.165, 1.54) is 12.1 Å². The average Bonchev–Trinajstić information content (AvgIpc) is 3.30. The predicted molar refractivity (Wildman–Crippen MR) is 95.0 cm³/mol. The molecule has 0 radical (unpaired) electrons. The third-order valence-corrected chi connectivity index (χ3v) is 4.25. The van der Waals surface area contributed by atoms with Crippen LogP contribution in [0.4, 0.5) is 4.39 Å². The molecule has 0 spiro atoms. The third-order valence-electron chi connectivity index (χ3n) is 4.25. The van der Waals surface area contributed by atoms with Gasteiger partial charge in [0.25, 0.3) is 5.91 Å². The molecule has 1 aromatic carbocycles. The van der Waals surface area contributed by atoms with E-state index in [0.717, 1.165) is 22.3 Å². The summed E-state index contributed by atoms with van der Waals surface area (Å²) in [7, 11) is 1.74. The quantitative estimate of drug-likeness (QED) is 0.615. The summed E-state index contributed by atoms with van der Waals surface area (Å²) in [5, 5.41) is 11.1. The first-order chi connectivity index (χ1) is 12.6. The van der Waals surface area contributed by atoms with Crippen LogP contribution in [-0.4, -0.2) is 37.7 Å². The zero-order chi connectivity index (χ0) is 18.1. The van der Waals surface area contributed by atoms with Crippen molar-refractivity contribution in [3.05, 3.63) is 78.0 Å². The van der Waals surface area contributed by atoms with Gasteiger partial charge in [0, 0.05) is 42.7 Å². The number of rotatable bonds is 4. The summed E-state index contributed by atoms with van der Waals surface area (Å²) >= 11 is 0. The van der Waals surface area contributed by atoms with Gasteiger partial charge >= 0.3 is 0 Å². The summed E-state index contributed by atoms with van der Waals surface area (Å²) < 4.78 is 14.8. The highest BCUT2D eigenvalue weighted by Crippen LogP contribution is 2.23. The van der Waals surface area contributed by atoms with E-state index >= 15 is 0 Å². The Morgan fingerprint density at radius 3 is 2.85 bits per heavy atom. The summed E-state index contributed by atoms with van der Waals surface area (Å²) in [6.07, 6.45) is 5.13. The van der Waals surface area contributed by atoms with Crippen LogP contribution in [-0.2, 0) is 6.54 Å². The van der Waals surface area contributed by atoms with Crippen LogP contribution >= 0.6 is 0 Å². The number of nitrogens with zero attached hydrogens (tertiary/aromatic N) is 4. The Hall–Kier alpha value is -3.48. The molecule has 130 valence electrons. The molecule has 0 saturated heterocycles. The molecule has 0 aliphatic heterocycles. The number of aromatic nitrogens is 4. The van der Waals surface area contributed by atoms with Crippen molar-refractivity contribution in [3.8, 4) is 11.3 Å².